The zero-order valence-electron chi connectivity index (χ0n) is 13.0. The van der Waals surface area contributed by atoms with Crippen LogP contribution in [-0.2, 0) is 4.79 Å². The van der Waals surface area contributed by atoms with Gasteiger partial charge in [-0.05, 0) is 30.4 Å². The molecule has 3 nitrogen and oxygen atoms in total. The van der Waals surface area contributed by atoms with E-state index >= 15 is 0 Å². The van der Waals surface area contributed by atoms with Gasteiger partial charge in [-0.25, -0.2) is 0 Å². The number of aliphatic carboxylic acids is 1. The van der Waals surface area contributed by atoms with E-state index in [4.69, 9.17) is 0 Å². The number of aliphatic hydroxyl groups excluding tert-OH is 1. The molecule has 2 aromatic rings. The molecule has 0 aromatic heterocycles. The quantitative estimate of drug-likeness (QED) is 0.702. The summed E-state index contributed by atoms with van der Waals surface area (Å²) in [5.41, 5.74) is 1.60. The number of benzene rings is 2. The summed E-state index contributed by atoms with van der Waals surface area (Å²) in [7, 11) is 0. The average Bonchev–Trinajstić information content (AvgIpc) is 2.48. The third kappa shape index (κ3) is 4.96. The maximum Gasteiger partial charge on any atom is 1.00 e. The number of carboxylic acids is 1. The maximum atomic E-state index is 11.7. The summed E-state index contributed by atoms with van der Waals surface area (Å²) >= 11 is 0. The first-order valence-corrected chi connectivity index (χ1v) is 7.08. The molecule has 0 aliphatic carbocycles. The number of hydrogen-bond donors (Lipinski definition) is 1. The second-order valence-corrected chi connectivity index (χ2v) is 5.31. The minimum absolute atomic E-state index is 0. The van der Waals surface area contributed by atoms with E-state index in [1.54, 1.807) is 19.1 Å². The van der Waals surface area contributed by atoms with Crippen molar-refractivity contribution in [3.63, 3.8) is 0 Å². The number of aliphatic hydroxyl groups is 1. The number of rotatable bonds is 6. The molecular formula is C18H19NaO3. The predicted molar refractivity (Wildman–Crippen MR) is 79.7 cm³/mol. The van der Waals surface area contributed by atoms with Crippen LogP contribution in [0.2, 0.25) is 0 Å². The molecule has 0 spiro atoms. The van der Waals surface area contributed by atoms with Crippen LogP contribution in [0.15, 0.2) is 60.7 Å². The normalized spacial score (nSPS) is 14.5. The number of hydrogen-bond acceptors (Lipinski definition) is 3. The van der Waals surface area contributed by atoms with Crippen LogP contribution in [0.3, 0.4) is 0 Å². The van der Waals surface area contributed by atoms with Crippen LogP contribution in [0.25, 0.3) is 0 Å². The number of carbonyl (C=O) groups excluding carboxylic acids is 1. The summed E-state index contributed by atoms with van der Waals surface area (Å²) in [5, 5.41) is 21.5. The Balaban J connectivity index is 0.00000242. The molecule has 2 aromatic carbocycles. The van der Waals surface area contributed by atoms with E-state index in [2.05, 4.69) is 0 Å². The van der Waals surface area contributed by atoms with Gasteiger partial charge in [0.15, 0.2) is 0 Å². The second kappa shape index (κ2) is 9.11. The number of carbonyl (C=O) groups is 1. The van der Waals surface area contributed by atoms with Gasteiger partial charge in [0, 0.05) is 11.9 Å². The average molecular weight is 306 g/mol. The fraction of sp³-hybridized carbons (Fsp3) is 0.278. The molecular weight excluding hydrogens is 287 g/mol. The van der Waals surface area contributed by atoms with Crippen molar-refractivity contribution in [2.45, 2.75) is 31.3 Å². The van der Waals surface area contributed by atoms with Gasteiger partial charge in [0.25, 0.3) is 0 Å². The molecule has 110 valence electrons. The Kier molecular flexibility index (Phi) is 7.83. The van der Waals surface area contributed by atoms with E-state index in [-0.39, 0.29) is 35.5 Å². The van der Waals surface area contributed by atoms with Gasteiger partial charge < -0.3 is 15.0 Å². The summed E-state index contributed by atoms with van der Waals surface area (Å²) in [5.74, 6) is -2.21. The van der Waals surface area contributed by atoms with Crippen molar-refractivity contribution in [2.24, 2.45) is 0 Å². The van der Waals surface area contributed by atoms with Gasteiger partial charge in [-0.3, -0.25) is 0 Å². The summed E-state index contributed by atoms with van der Waals surface area (Å²) < 4.78 is 0. The fourth-order valence-corrected chi connectivity index (χ4v) is 2.73. The molecule has 0 fully saturated rings. The molecule has 0 aliphatic heterocycles. The summed E-state index contributed by atoms with van der Waals surface area (Å²) in [4.78, 5) is 11.7. The molecule has 0 saturated heterocycles. The maximum absolute atomic E-state index is 11.7. The standard InChI is InChI=1S/C18H20O3.Na/c1-13(19)12-16(14-8-4-2-5-9-14)17(18(20)21)15-10-6-3-7-11-15;/h2-11,13,16-17,19H,12H2,1H3,(H,20,21);/q;+1/p-1. The second-order valence-electron chi connectivity index (χ2n) is 5.31. The molecule has 0 radical (unpaired) electrons. The Bertz CT molecular complexity index is 569. The molecule has 3 atom stereocenters. The van der Waals surface area contributed by atoms with Gasteiger partial charge in [-0.2, -0.15) is 0 Å². The van der Waals surface area contributed by atoms with Crippen LogP contribution in [0.1, 0.15) is 36.3 Å². The first kappa shape index (κ1) is 18.9. The molecule has 22 heavy (non-hydrogen) atoms. The van der Waals surface area contributed by atoms with E-state index in [1.165, 1.54) is 0 Å². The van der Waals surface area contributed by atoms with E-state index in [1.807, 2.05) is 48.5 Å². The molecule has 3 unspecified atom stereocenters. The molecule has 0 amide bonds. The molecule has 0 bridgehead atoms. The van der Waals surface area contributed by atoms with Crippen molar-refractivity contribution in [1.82, 2.24) is 0 Å². The third-order valence-corrected chi connectivity index (χ3v) is 3.64. The van der Waals surface area contributed by atoms with Crippen LogP contribution in [0.4, 0.5) is 0 Å². The van der Waals surface area contributed by atoms with Crippen LogP contribution >= 0.6 is 0 Å². The van der Waals surface area contributed by atoms with Gasteiger partial charge in [-0.1, -0.05) is 60.7 Å². The van der Waals surface area contributed by atoms with E-state index in [9.17, 15) is 15.0 Å². The largest absolute Gasteiger partial charge is 1.00 e. The number of carboxylic acid groups (broad SMARTS) is 1. The third-order valence-electron chi connectivity index (χ3n) is 3.64. The van der Waals surface area contributed by atoms with Crippen LogP contribution in [-0.4, -0.2) is 17.2 Å². The van der Waals surface area contributed by atoms with Crippen molar-refractivity contribution < 1.29 is 44.6 Å². The van der Waals surface area contributed by atoms with Gasteiger partial charge in [0.1, 0.15) is 0 Å². The first-order chi connectivity index (χ1) is 10.1. The Hall–Kier alpha value is -1.13. The smallest absolute Gasteiger partial charge is 0.549 e. The van der Waals surface area contributed by atoms with E-state index in [0.717, 1.165) is 5.56 Å². The van der Waals surface area contributed by atoms with E-state index < -0.39 is 18.0 Å². The van der Waals surface area contributed by atoms with Crippen molar-refractivity contribution in [3.05, 3.63) is 71.8 Å². The minimum atomic E-state index is -1.12. The summed E-state index contributed by atoms with van der Waals surface area (Å²) in [6.45, 7) is 1.67. The molecule has 0 saturated carbocycles. The Labute approximate surface area is 153 Å². The van der Waals surface area contributed by atoms with Gasteiger partial charge in [-0.15, -0.1) is 0 Å². The fourth-order valence-electron chi connectivity index (χ4n) is 2.73. The molecule has 4 heteroatoms. The Morgan fingerprint density at radius 3 is 1.86 bits per heavy atom. The van der Waals surface area contributed by atoms with Crippen molar-refractivity contribution >= 4 is 5.97 Å². The van der Waals surface area contributed by atoms with Crippen LogP contribution < -0.4 is 34.7 Å². The topological polar surface area (TPSA) is 60.4 Å². The van der Waals surface area contributed by atoms with Crippen LogP contribution in [0.5, 0.6) is 0 Å². The monoisotopic (exact) mass is 306 g/mol. The first-order valence-electron chi connectivity index (χ1n) is 7.08. The minimum Gasteiger partial charge on any atom is -0.549 e. The van der Waals surface area contributed by atoms with E-state index in [0.29, 0.717) is 12.0 Å². The van der Waals surface area contributed by atoms with Gasteiger partial charge >= 0.3 is 29.6 Å². The van der Waals surface area contributed by atoms with Crippen molar-refractivity contribution in [1.29, 1.82) is 0 Å². The molecule has 1 N–H and O–H groups in total. The zero-order chi connectivity index (χ0) is 15.2. The molecule has 0 aliphatic rings. The SMILES string of the molecule is CC(O)CC(c1ccccc1)C(C(=O)[O-])c1ccccc1.[Na+]. The molecule has 2 rings (SSSR count). The summed E-state index contributed by atoms with van der Waals surface area (Å²) in [6.07, 6.45) is -0.210. The van der Waals surface area contributed by atoms with Crippen LogP contribution in [0, 0.1) is 0 Å². The Morgan fingerprint density at radius 2 is 1.45 bits per heavy atom. The predicted octanol–water partition coefficient (Wildman–Crippen LogP) is -0.921. The van der Waals surface area contributed by atoms with Gasteiger partial charge in [0.2, 0.25) is 0 Å². The Morgan fingerprint density at radius 1 is 1.00 bits per heavy atom. The van der Waals surface area contributed by atoms with Crippen molar-refractivity contribution in [3.8, 4) is 0 Å². The summed E-state index contributed by atoms with van der Waals surface area (Å²) in [6, 6.07) is 18.5. The van der Waals surface area contributed by atoms with Gasteiger partial charge in [0.05, 0.1) is 6.10 Å². The zero-order valence-corrected chi connectivity index (χ0v) is 15.0. The molecule has 0 heterocycles. The van der Waals surface area contributed by atoms with Crippen molar-refractivity contribution in [2.75, 3.05) is 0 Å².